The lowest BCUT2D eigenvalue weighted by molar-refractivity contribution is -0.682. The Balaban J connectivity index is 1.66. The van der Waals surface area contributed by atoms with Crippen molar-refractivity contribution in [3.63, 3.8) is 0 Å². The number of methoxy groups -OCH3 is 1. The van der Waals surface area contributed by atoms with E-state index in [2.05, 4.69) is 5.32 Å². The van der Waals surface area contributed by atoms with Crippen molar-refractivity contribution in [3.8, 4) is 5.75 Å². The van der Waals surface area contributed by atoms with E-state index in [1.165, 1.54) is 0 Å². The van der Waals surface area contributed by atoms with Crippen LogP contribution in [0.15, 0.2) is 48.5 Å². The molecule has 29 heavy (non-hydrogen) atoms. The summed E-state index contributed by atoms with van der Waals surface area (Å²) in [5.41, 5.74) is 2.68. The summed E-state index contributed by atoms with van der Waals surface area (Å²) in [6.07, 6.45) is 2.48. The quantitative estimate of drug-likeness (QED) is 0.639. The molecule has 6 nitrogen and oxygen atoms in total. The van der Waals surface area contributed by atoms with Gasteiger partial charge >= 0.3 is 0 Å². The molecule has 0 radical (unpaired) electrons. The van der Waals surface area contributed by atoms with Gasteiger partial charge in [0.15, 0.2) is 6.04 Å². The molecule has 2 amide bonds. The predicted octanol–water partition coefficient (Wildman–Crippen LogP) is 2.26. The van der Waals surface area contributed by atoms with Crippen LogP contribution in [0, 0.1) is 6.92 Å². The molecule has 0 spiro atoms. The fourth-order valence-electron chi connectivity index (χ4n) is 3.69. The number of rotatable bonds is 9. The van der Waals surface area contributed by atoms with Crippen molar-refractivity contribution in [2.45, 2.75) is 32.2 Å². The molecular formula is C23H30N3O3+. The number of nitrogens with one attached hydrogen (secondary N) is 1. The summed E-state index contributed by atoms with van der Waals surface area (Å²) in [4.78, 5) is 26.8. The van der Waals surface area contributed by atoms with E-state index in [0.717, 1.165) is 43.6 Å². The number of carbonyl (C=O) groups is 2. The Labute approximate surface area is 172 Å². The Hall–Kier alpha value is -2.86. The number of ether oxygens (including phenoxy) is 1. The Morgan fingerprint density at radius 2 is 2.03 bits per heavy atom. The van der Waals surface area contributed by atoms with Crippen molar-refractivity contribution in [1.82, 2.24) is 4.90 Å². The van der Waals surface area contributed by atoms with Crippen molar-refractivity contribution < 1.29 is 19.6 Å². The van der Waals surface area contributed by atoms with Crippen molar-refractivity contribution in [2.75, 3.05) is 32.1 Å². The van der Waals surface area contributed by atoms with Gasteiger partial charge in [0.1, 0.15) is 5.75 Å². The summed E-state index contributed by atoms with van der Waals surface area (Å²) in [6, 6.07) is 15.1. The number of quaternary nitrogens is 1. The second-order valence-corrected chi connectivity index (χ2v) is 7.44. The van der Waals surface area contributed by atoms with Gasteiger partial charge in [-0.15, -0.1) is 0 Å². The number of carbonyl (C=O) groups excluding carboxylic acids is 2. The number of likely N-dealkylation sites (tertiary alicyclic amines) is 1. The van der Waals surface area contributed by atoms with E-state index in [0.29, 0.717) is 17.9 Å². The standard InChI is InChI=1S/C23H29N3O3/c1-17-11-12-20(29-2)19(16-17)25-23(28)22(18-8-4-3-5-9-18)24-13-7-15-26-14-6-10-21(26)27/h3-5,8-9,11-12,16,22,24H,6-7,10,13-15H2,1-2H3,(H,25,28)/p+1/t22-/m0/s1. The minimum Gasteiger partial charge on any atom is -0.495 e. The van der Waals surface area contributed by atoms with Gasteiger partial charge in [0.25, 0.3) is 5.91 Å². The summed E-state index contributed by atoms with van der Waals surface area (Å²) in [5, 5.41) is 5.08. The van der Waals surface area contributed by atoms with Crippen molar-refractivity contribution >= 4 is 17.5 Å². The zero-order valence-electron chi connectivity index (χ0n) is 17.2. The maximum absolute atomic E-state index is 13.1. The molecule has 2 aromatic rings. The Kier molecular flexibility index (Phi) is 7.25. The molecule has 1 atom stereocenters. The first-order chi connectivity index (χ1) is 14.1. The molecular weight excluding hydrogens is 366 g/mol. The lowest BCUT2D eigenvalue weighted by Crippen LogP contribution is -2.87. The second kappa shape index (κ2) is 10.1. The molecule has 6 heteroatoms. The number of anilines is 1. The van der Waals surface area contributed by atoms with Crippen LogP contribution in [-0.4, -0.2) is 43.5 Å². The SMILES string of the molecule is COc1ccc(C)cc1NC(=O)[C@@H]([NH2+]CCCN1CCCC1=O)c1ccccc1. The van der Waals surface area contributed by atoms with E-state index >= 15 is 0 Å². The fourth-order valence-corrected chi connectivity index (χ4v) is 3.69. The van der Waals surface area contributed by atoms with E-state index in [-0.39, 0.29) is 17.9 Å². The smallest absolute Gasteiger partial charge is 0.287 e. The predicted molar refractivity (Wildman–Crippen MR) is 113 cm³/mol. The summed E-state index contributed by atoms with van der Waals surface area (Å²) < 4.78 is 5.39. The van der Waals surface area contributed by atoms with E-state index in [4.69, 9.17) is 4.74 Å². The molecule has 0 bridgehead atoms. The lowest BCUT2D eigenvalue weighted by atomic mass is 10.1. The summed E-state index contributed by atoms with van der Waals surface area (Å²) in [5.74, 6) is 0.801. The minimum absolute atomic E-state index is 0.0858. The molecule has 2 aromatic carbocycles. The van der Waals surface area contributed by atoms with Gasteiger partial charge < -0.3 is 20.3 Å². The monoisotopic (exact) mass is 396 g/mol. The third-order valence-corrected chi connectivity index (χ3v) is 5.26. The maximum atomic E-state index is 13.1. The van der Waals surface area contributed by atoms with Gasteiger partial charge in [0, 0.05) is 31.5 Å². The summed E-state index contributed by atoms with van der Waals surface area (Å²) >= 11 is 0. The molecule has 1 saturated heterocycles. The molecule has 1 aliphatic rings. The van der Waals surface area contributed by atoms with Crippen LogP contribution in [0.4, 0.5) is 5.69 Å². The normalized spacial score (nSPS) is 14.7. The fraction of sp³-hybridized carbons (Fsp3) is 0.391. The van der Waals surface area contributed by atoms with Gasteiger partial charge in [0.2, 0.25) is 5.91 Å². The highest BCUT2D eigenvalue weighted by molar-refractivity contribution is 5.95. The van der Waals surface area contributed by atoms with E-state index in [1.54, 1.807) is 7.11 Å². The highest BCUT2D eigenvalue weighted by atomic mass is 16.5. The first kappa shape index (κ1) is 20.9. The molecule has 154 valence electrons. The minimum atomic E-state index is -0.365. The molecule has 0 saturated carbocycles. The van der Waals surface area contributed by atoms with E-state index < -0.39 is 0 Å². The van der Waals surface area contributed by atoms with Gasteiger partial charge in [-0.05, 0) is 31.0 Å². The van der Waals surface area contributed by atoms with E-state index in [9.17, 15) is 9.59 Å². The van der Waals surface area contributed by atoms with Crippen LogP contribution < -0.4 is 15.4 Å². The maximum Gasteiger partial charge on any atom is 0.287 e. The topological polar surface area (TPSA) is 75.2 Å². The van der Waals surface area contributed by atoms with E-state index in [1.807, 2.05) is 65.7 Å². The van der Waals surface area contributed by atoms with Crippen molar-refractivity contribution in [3.05, 3.63) is 59.7 Å². The zero-order valence-corrected chi connectivity index (χ0v) is 17.2. The third-order valence-electron chi connectivity index (χ3n) is 5.26. The Morgan fingerprint density at radius 1 is 1.24 bits per heavy atom. The van der Waals surface area contributed by atoms with Gasteiger partial charge in [-0.3, -0.25) is 9.59 Å². The molecule has 3 rings (SSSR count). The van der Waals surface area contributed by atoms with Crippen LogP contribution in [0.1, 0.15) is 36.4 Å². The van der Waals surface area contributed by atoms with Crippen molar-refractivity contribution in [2.24, 2.45) is 0 Å². The first-order valence-corrected chi connectivity index (χ1v) is 10.2. The van der Waals surface area contributed by atoms with Gasteiger partial charge in [-0.1, -0.05) is 36.4 Å². The number of nitrogens with two attached hydrogens (primary N) is 1. The number of amides is 2. The first-order valence-electron chi connectivity index (χ1n) is 10.2. The van der Waals surface area contributed by atoms with Crippen LogP contribution in [0.25, 0.3) is 0 Å². The zero-order chi connectivity index (χ0) is 20.6. The number of nitrogens with zero attached hydrogens (tertiary/aromatic N) is 1. The number of hydrogen-bond donors (Lipinski definition) is 2. The highest BCUT2D eigenvalue weighted by Crippen LogP contribution is 2.26. The van der Waals surface area contributed by atoms with Crippen molar-refractivity contribution in [1.29, 1.82) is 0 Å². The molecule has 3 N–H and O–H groups in total. The molecule has 1 fully saturated rings. The number of benzene rings is 2. The van der Waals surface area contributed by atoms with Crippen LogP contribution >= 0.6 is 0 Å². The Morgan fingerprint density at radius 3 is 2.72 bits per heavy atom. The molecule has 0 aromatic heterocycles. The third kappa shape index (κ3) is 5.57. The van der Waals surface area contributed by atoms with Crippen LogP contribution in [0.3, 0.4) is 0 Å². The molecule has 1 aliphatic heterocycles. The van der Waals surface area contributed by atoms with Gasteiger partial charge in [-0.2, -0.15) is 0 Å². The molecule has 1 heterocycles. The largest absolute Gasteiger partial charge is 0.495 e. The van der Waals surface area contributed by atoms with Crippen LogP contribution in [-0.2, 0) is 9.59 Å². The summed E-state index contributed by atoms with van der Waals surface area (Å²) in [6.45, 7) is 4.36. The Bertz CT molecular complexity index is 839. The average molecular weight is 397 g/mol. The molecule has 0 aliphatic carbocycles. The number of hydrogen-bond acceptors (Lipinski definition) is 3. The average Bonchev–Trinajstić information content (AvgIpc) is 3.13. The van der Waals surface area contributed by atoms with Crippen LogP contribution in [0.2, 0.25) is 0 Å². The summed E-state index contributed by atoms with van der Waals surface area (Å²) in [7, 11) is 1.60. The number of aryl methyl sites for hydroxylation is 1. The van der Waals surface area contributed by atoms with Gasteiger partial charge in [0.05, 0.1) is 19.3 Å². The van der Waals surface area contributed by atoms with Crippen LogP contribution in [0.5, 0.6) is 5.75 Å². The second-order valence-electron chi connectivity index (χ2n) is 7.44. The van der Waals surface area contributed by atoms with Gasteiger partial charge in [-0.25, -0.2) is 0 Å². The molecule has 0 unspecified atom stereocenters. The highest BCUT2D eigenvalue weighted by Gasteiger charge is 2.25. The lowest BCUT2D eigenvalue weighted by Gasteiger charge is -2.19.